The quantitative estimate of drug-likeness (QED) is 0.572. The molecule has 1 aromatic heterocycles. The summed E-state index contributed by atoms with van der Waals surface area (Å²) in [5.74, 6) is 0.604. The van der Waals surface area contributed by atoms with Crippen molar-refractivity contribution in [1.29, 1.82) is 0 Å². The van der Waals surface area contributed by atoms with E-state index in [1.54, 1.807) is 0 Å². The van der Waals surface area contributed by atoms with Crippen molar-refractivity contribution in [2.45, 2.75) is 12.5 Å². The molecule has 0 unspecified atom stereocenters. The van der Waals surface area contributed by atoms with Crippen LogP contribution in [0.4, 0.5) is 0 Å². The zero-order valence-electron chi connectivity index (χ0n) is 7.00. The van der Waals surface area contributed by atoms with Crippen LogP contribution in [0.15, 0.2) is 30.6 Å². The Morgan fingerprint density at radius 1 is 1.33 bits per heavy atom. The van der Waals surface area contributed by atoms with E-state index in [9.17, 15) is 0 Å². The molecule has 1 heterocycles. The van der Waals surface area contributed by atoms with Crippen LogP contribution in [-0.2, 0) is 5.54 Å². The first-order chi connectivity index (χ1) is 5.73. The van der Waals surface area contributed by atoms with Gasteiger partial charge in [-0.25, -0.2) is 0 Å². The topological polar surface area (TPSA) is 3.88 Å². The summed E-state index contributed by atoms with van der Waals surface area (Å²) >= 11 is 9.36. The van der Waals surface area contributed by atoms with Gasteiger partial charge in [0.25, 0.3) is 0 Å². The zero-order valence-corrected chi connectivity index (χ0v) is 9.35. The minimum Gasteiger partial charge on any atom is -0.198 e. The Bertz CT molecular complexity index is 234. The maximum absolute atomic E-state index is 5.89. The fourth-order valence-corrected chi connectivity index (χ4v) is 1.88. The minimum atomic E-state index is -0.0250. The van der Waals surface area contributed by atoms with Crippen molar-refractivity contribution in [3.05, 3.63) is 30.6 Å². The summed E-state index contributed by atoms with van der Waals surface area (Å²) in [6, 6.07) is 6.01. The van der Waals surface area contributed by atoms with Crippen LogP contribution in [0.2, 0.25) is 0 Å². The summed E-state index contributed by atoms with van der Waals surface area (Å²) in [4.78, 5) is 0. The highest BCUT2D eigenvalue weighted by Gasteiger charge is 2.31. The molecule has 1 nitrogen and oxygen atoms in total. The van der Waals surface area contributed by atoms with Gasteiger partial charge in [0.05, 0.1) is 11.2 Å². The monoisotopic (exact) mass is 248 g/mol. The molecule has 0 spiro atoms. The van der Waals surface area contributed by atoms with Gasteiger partial charge >= 0.3 is 0 Å². The van der Waals surface area contributed by atoms with Crippen LogP contribution in [0, 0.1) is 0 Å². The third kappa shape index (κ3) is 1.99. The molecule has 0 saturated carbocycles. The lowest BCUT2D eigenvalue weighted by atomic mass is 10.1. The lowest BCUT2D eigenvalue weighted by Crippen LogP contribution is -2.56. The molecular weight excluding hydrogens is 237 g/mol. The van der Waals surface area contributed by atoms with Crippen molar-refractivity contribution in [1.82, 2.24) is 0 Å². The summed E-state index contributed by atoms with van der Waals surface area (Å²) < 4.78 is 2.12. The number of nitrogens with zero attached hydrogens (tertiary/aromatic N) is 1. The molecule has 1 aromatic rings. The van der Waals surface area contributed by atoms with E-state index in [1.807, 2.05) is 30.6 Å². The normalized spacial score (nSPS) is 15.6. The SMILES string of the molecule is C[C@@](CCl)(CBr)[n+]1ccccc1. The second-order valence-corrected chi connectivity index (χ2v) is 3.87. The van der Waals surface area contributed by atoms with E-state index in [-0.39, 0.29) is 5.54 Å². The third-order valence-corrected chi connectivity index (χ3v) is 3.70. The second-order valence-electron chi connectivity index (χ2n) is 3.05. The Morgan fingerprint density at radius 3 is 2.33 bits per heavy atom. The molecule has 0 aromatic carbocycles. The molecular formula is C9H12BrClN+. The fraction of sp³-hybridized carbons (Fsp3) is 0.444. The summed E-state index contributed by atoms with van der Waals surface area (Å²) in [6.07, 6.45) is 4.06. The van der Waals surface area contributed by atoms with E-state index in [0.717, 1.165) is 5.33 Å². The van der Waals surface area contributed by atoms with Crippen molar-refractivity contribution in [2.75, 3.05) is 11.2 Å². The van der Waals surface area contributed by atoms with Crippen LogP contribution in [-0.4, -0.2) is 11.2 Å². The number of pyridine rings is 1. The van der Waals surface area contributed by atoms with Gasteiger partial charge in [-0.2, -0.15) is 4.57 Å². The van der Waals surface area contributed by atoms with Crippen molar-refractivity contribution >= 4 is 27.5 Å². The van der Waals surface area contributed by atoms with Crippen LogP contribution < -0.4 is 4.57 Å². The average molecular weight is 250 g/mol. The largest absolute Gasteiger partial charge is 0.198 e. The van der Waals surface area contributed by atoms with Gasteiger partial charge in [-0.1, -0.05) is 22.0 Å². The lowest BCUT2D eigenvalue weighted by Gasteiger charge is -2.18. The third-order valence-electron chi connectivity index (χ3n) is 1.91. The van der Waals surface area contributed by atoms with Crippen LogP contribution >= 0.6 is 27.5 Å². The van der Waals surface area contributed by atoms with Crippen LogP contribution in [0.25, 0.3) is 0 Å². The summed E-state index contributed by atoms with van der Waals surface area (Å²) in [7, 11) is 0. The van der Waals surface area contributed by atoms with E-state index < -0.39 is 0 Å². The highest BCUT2D eigenvalue weighted by Crippen LogP contribution is 2.12. The Kier molecular flexibility index (Phi) is 3.53. The van der Waals surface area contributed by atoms with E-state index >= 15 is 0 Å². The average Bonchev–Trinajstić information content (AvgIpc) is 2.18. The van der Waals surface area contributed by atoms with Gasteiger partial charge in [-0.3, -0.25) is 0 Å². The van der Waals surface area contributed by atoms with E-state index in [0.29, 0.717) is 5.88 Å². The molecule has 0 radical (unpaired) electrons. The van der Waals surface area contributed by atoms with E-state index in [4.69, 9.17) is 11.6 Å². The minimum absolute atomic E-state index is 0.0250. The van der Waals surface area contributed by atoms with Crippen LogP contribution in [0.5, 0.6) is 0 Å². The predicted octanol–water partition coefficient (Wildman–Crippen LogP) is 2.32. The first-order valence-corrected chi connectivity index (χ1v) is 5.47. The number of alkyl halides is 2. The Balaban J connectivity index is 2.95. The molecule has 0 aliphatic heterocycles. The molecule has 1 atom stereocenters. The molecule has 1 rings (SSSR count). The molecule has 0 aliphatic rings. The smallest absolute Gasteiger partial charge is 0.188 e. The highest BCUT2D eigenvalue weighted by molar-refractivity contribution is 9.09. The molecule has 0 bridgehead atoms. The first kappa shape index (κ1) is 10.0. The molecule has 0 amide bonds. The molecule has 0 N–H and O–H groups in total. The number of rotatable bonds is 3. The molecule has 0 saturated heterocycles. The summed E-state index contributed by atoms with van der Waals surface area (Å²) in [5, 5.41) is 0.859. The van der Waals surface area contributed by atoms with E-state index in [1.165, 1.54) is 0 Å². The molecule has 66 valence electrons. The van der Waals surface area contributed by atoms with Gasteiger partial charge in [-0.05, 0) is 0 Å². The number of halogens is 2. The molecule has 0 fully saturated rings. The fourth-order valence-electron chi connectivity index (χ4n) is 0.932. The maximum Gasteiger partial charge on any atom is 0.188 e. The number of aromatic nitrogens is 1. The zero-order chi connectivity index (χ0) is 9.03. The highest BCUT2D eigenvalue weighted by atomic mass is 79.9. The predicted molar refractivity (Wildman–Crippen MR) is 54.8 cm³/mol. The molecule has 0 aliphatic carbocycles. The van der Waals surface area contributed by atoms with Gasteiger partial charge in [0, 0.05) is 19.1 Å². The van der Waals surface area contributed by atoms with Gasteiger partial charge in [0.2, 0.25) is 0 Å². The molecule has 3 heteroatoms. The maximum atomic E-state index is 5.89. The van der Waals surface area contributed by atoms with E-state index in [2.05, 4.69) is 27.4 Å². The van der Waals surface area contributed by atoms with Gasteiger partial charge < -0.3 is 0 Å². The summed E-state index contributed by atoms with van der Waals surface area (Å²) in [5.41, 5.74) is -0.0250. The van der Waals surface area contributed by atoms with Crippen molar-refractivity contribution in [3.8, 4) is 0 Å². The van der Waals surface area contributed by atoms with Gasteiger partial charge in [0.1, 0.15) is 0 Å². The van der Waals surface area contributed by atoms with Crippen LogP contribution in [0.3, 0.4) is 0 Å². The van der Waals surface area contributed by atoms with Gasteiger partial charge in [0.15, 0.2) is 17.9 Å². The number of hydrogen-bond donors (Lipinski definition) is 0. The number of hydrogen-bond acceptors (Lipinski definition) is 0. The summed E-state index contributed by atoms with van der Waals surface area (Å²) in [6.45, 7) is 2.12. The second kappa shape index (κ2) is 4.24. The Morgan fingerprint density at radius 2 is 1.92 bits per heavy atom. The van der Waals surface area contributed by atoms with Gasteiger partial charge in [-0.15, -0.1) is 11.6 Å². The Hall–Kier alpha value is -0.0800. The van der Waals surface area contributed by atoms with Crippen molar-refractivity contribution < 1.29 is 4.57 Å². The Labute approximate surface area is 86.5 Å². The van der Waals surface area contributed by atoms with Crippen LogP contribution in [0.1, 0.15) is 6.92 Å². The standard InChI is InChI=1S/C9H12BrClN/c1-9(7-10,8-11)12-5-3-2-4-6-12/h2-6H,7-8H2,1H3/q+1/t9-/m0/s1. The van der Waals surface area contributed by atoms with Crippen molar-refractivity contribution in [2.24, 2.45) is 0 Å². The lowest BCUT2D eigenvalue weighted by molar-refractivity contribution is -0.751. The molecule has 12 heavy (non-hydrogen) atoms. The first-order valence-electron chi connectivity index (χ1n) is 3.81. The van der Waals surface area contributed by atoms with Crippen molar-refractivity contribution in [3.63, 3.8) is 0 Å².